The van der Waals surface area contributed by atoms with E-state index >= 15 is 0 Å². The smallest absolute Gasteiger partial charge is 0.338 e. The Morgan fingerprint density at radius 2 is 1.67 bits per heavy atom. The number of nitrogens with two attached hydrogens (primary N) is 1. The lowest BCUT2D eigenvalue weighted by Crippen LogP contribution is -2.60. The van der Waals surface area contributed by atoms with Gasteiger partial charge >= 0.3 is 11.9 Å². The van der Waals surface area contributed by atoms with Crippen LogP contribution in [0.2, 0.25) is 0 Å². The Kier molecular flexibility index (Phi) is 12.4. The van der Waals surface area contributed by atoms with Gasteiger partial charge in [-0.3, -0.25) is 4.99 Å². The number of aliphatic imine (C=N–C) groups is 1. The van der Waals surface area contributed by atoms with Crippen LogP contribution in [0.4, 0.5) is 5.69 Å². The average molecular weight is 655 g/mol. The Labute approximate surface area is 262 Å². The van der Waals surface area contributed by atoms with Crippen molar-refractivity contribution in [3.05, 3.63) is 35.4 Å². The van der Waals surface area contributed by atoms with Crippen molar-refractivity contribution in [2.24, 2.45) is 10.7 Å². The van der Waals surface area contributed by atoms with Crippen LogP contribution >= 0.6 is 0 Å². The highest BCUT2D eigenvalue weighted by molar-refractivity contribution is 5.95. The number of methoxy groups -OCH3 is 2. The summed E-state index contributed by atoms with van der Waals surface area (Å²) in [4.78, 5) is 28.5. The van der Waals surface area contributed by atoms with Crippen molar-refractivity contribution in [1.82, 2.24) is 5.32 Å². The number of phenols is 1. The number of rotatable bonds is 14. The maximum absolute atomic E-state index is 12.8. The molecule has 46 heavy (non-hydrogen) atoms. The van der Waals surface area contributed by atoms with Crippen LogP contribution in [-0.2, 0) is 9.47 Å². The van der Waals surface area contributed by atoms with E-state index in [1.54, 1.807) is 6.92 Å². The number of aliphatic hydroxyl groups excluding tert-OH is 4. The van der Waals surface area contributed by atoms with Gasteiger partial charge in [0.2, 0.25) is 12.0 Å². The predicted molar refractivity (Wildman–Crippen MR) is 159 cm³/mol. The number of carboxylic acid groups (broad SMARTS) is 1. The normalized spacial score (nSPS) is 21.9. The minimum Gasteiger partial charge on any atom is -0.502 e. The first-order chi connectivity index (χ1) is 21.8. The fraction of sp³-hybridized carbons (Fsp3) is 0.464. The molecule has 2 aromatic rings. The van der Waals surface area contributed by atoms with Gasteiger partial charge in [-0.1, -0.05) is 0 Å². The zero-order chi connectivity index (χ0) is 34.1. The lowest BCUT2D eigenvalue weighted by Gasteiger charge is -2.40. The number of hydrogen-bond donors (Lipinski definition) is 9. The van der Waals surface area contributed by atoms with Gasteiger partial charge in [-0.2, -0.15) is 0 Å². The number of carbonyl (C=O) groups is 2. The summed E-state index contributed by atoms with van der Waals surface area (Å²) < 4.78 is 32.5. The molecule has 0 unspecified atom stereocenters. The molecule has 0 amide bonds. The number of carbonyl (C=O) groups excluding carboxylic acids is 1. The zero-order valence-corrected chi connectivity index (χ0v) is 25.4. The summed E-state index contributed by atoms with van der Waals surface area (Å²) in [5.74, 6) is -3.08. The van der Waals surface area contributed by atoms with Crippen molar-refractivity contribution in [1.29, 1.82) is 0 Å². The van der Waals surface area contributed by atoms with Gasteiger partial charge in [0.15, 0.2) is 35.7 Å². The first kappa shape index (κ1) is 35.7. The Balaban J connectivity index is 1.88. The number of nitrogens with one attached hydrogen (secondary N) is 2. The van der Waals surface area contributed by atoms with Crippen molar-refractivity contribution in [3.63, 3.8) is 0 Å². The predicted octanol–water partition coefficient (Wildman–Crippen LogP) is -1.19. The highest BCUT2D eigenvalue weighted by atomic mass is 16.7. The molecule has 0 spiro atoms. The van der Waals surface area contributed by atoms with Gasteiger partial charge in [0, 0.05) is 25.2 Å². The first-order valence-corrected chi connectivity index (χ1v) is 13.7. The molecule has 0 aromatic heterocycles. The number of nitrogens with zero attached hydrogens (tertiary/aromatic N) is 1. The Morgan fingerprint density at radius 3 is 2.24 bits per heavy atom. The van der Waals surface area contributed by atoms with E-state index in [-0.39, 0.29) is 64.9 Å². The summed E-state index contributed by atoms with van der Waals surface area (Å²) in [6.45, 7) is 0.330. The molecule has 1 fully saturated rings. The molecule has 18 nitrogen and oxygen atoms in total. The monoisotopic (exact) mass is 654 g/mol. The van der Waals surface area contributed by atoms with E-state index in [2.05, 4.69) is 15.6 Å². The third-order valence-electron chi connectivity index (χ3n) is 6.72. The molecule has 3 rings (SSSR count). The van der Waals surface area contributed by atoms with Crippen LogP contribution in [0.25, 0.3) is 0 Å². The van der Waals surface area contributed by atoms with Gasteiger partial charge in [0.05, 0.1) is 37.6 Å². The topological polar surface area (TPSA) is 273 Å². The van der Waals surface area contributed by atoms with Crippen molar-refractivity contribution in [3.8, 4) is 28.7 Å². The van der Waals surface area contributed by atoms with Crippen LogP contribution in [0.1, 0.15) is 27.6 Å². The molecule has 254 valence electrons. The minimum absolute atomic E-state index is 0.00936. The van der Waals surface area contributed by atoms with Gasteiger partial charge < -0.3 is 75.4 Å². The van der Waals surface area contributed by atoms with Gasteiger partial charge in [-0.15, -0.1) is 0 Å². The number of benzene rings is 2. The van der Waals surface area contributed by atoms with Gasteiger partial charge in [0.25, 0.3) is 0 Å². The van der Waals surface area contributed by atoms with Crippen LogP contribution in [-0.4, -0.2) is 126 Å². The summed E-state index contributed by atoms with van der Waals surface area (Å²) in [6, 6.07) is 4.15. The number of aromatic carboxylic acids is 1. The number of phenolic OH excluding ortho intramolecular Hbond substituents is 1. The molecular formula is C28H38N4O14. The van der Waals surface area contributed by atoms with E-state index in [0.717, 1.165) is 6.07 Å². The Morgan fingerprint density at radius 1 is 1.02 bits per heavy atom. The molecule has 0 radical (unpaired) electrons. The number of ether oxygens (including phenoxy) is 6. The average Bonchev–Trinajstić information content (AvgIpc) is 3.04. The summed E-state index contributed by atoms with van der Waals surface area (Å²) in [7, 11) is 3.97. The van der Waals surface area contributed by atoms with Crippen molar-refractivity contribution in [2.45, 2.75) is 43.7 Å². The standard InChI is InChI=1S/C28H38N4O14/c1-12(9-33)32-15-8-17(16(7-14(15)25(38)39)44-11-31-28(29)30-2)45-27-24(37)23(36)22(35)20(46-27)10-43-26(40)13-5-18(41-3)21(34)19(6-13)42-4/h5-8,12,20,22-24,27,32-37H,9-11H2,1-4H3,(H,38,39)(H3,29,30,31)/t12-,20-,22-,23+,24-,27-/m1/s1. The highest BCUT2D eigenvalue weighted by Gasteiger charge is 2.46. The van der Waals surface area contributed by atoms with Gasteiger partial charge in [0.1, 0.15) is 31.0 Å². The second-order valence-electron chi connectivity index (χ2n) is 9.91. The molecule has 1 heterocycles. The molecule has 2 aromatic carbocycles. The third-order valence-corrected chi connectivity index (χ3v) is 6.72. The number of aliphatic hydroxyl groups is 4. The zero-order valence-electron chi connectivity index (χ0n) is 25.4. The highest BCUT2D eigenvalue weighted by Crippen LogP contribution is 2.38. The largest absolute Gasteiger partial charge is 0.502 e. The third kappa shape index (κ3) is 8.49. The second-order valence-corrected chi connectivity index (χ2v) is 9.91. The molecule has 1 aliphatic heterocycles. The number of aromatic hydroxyl groups is 1. The summed E-state index contributed by atoms with van der Waals surface area (Å²) in [5.41, 5.74) is 5.29. The van der Waals surface area contributed by atoms with Gasteiger partial charge in [-0.25, -0.2) is 9.59 Å². The molecule has 18 heteroatoms. The first-order valence-electron chi connectivity index (χ1n) is 13.7. The van der Waals surface area contributed by atoms with Crippen LogP contribution < -0.4 is 35.3 Å². The van der Waals surface area contributed by atoms with Crippen molar-refractivity contribution >= 4 is 23.6 Å². The SMILES string of the molecule is CN=C(N)NCOc1cc(C(=O)O)c(N[C@H](C)CO)cc1O[C@@H]1O[C@H](COC(=O)c2cc(OC)c(O)c(OC)c2)[C@@H](O)[C@H](O)[C@H]1O. The van der Waals surface area contributed by atoms with E-state index in [9.17, 15) is 40.2 Å². The van der Waals surface area contributed by atoms with E-state index in [0.29, 0.717) is 0 Å². The Hall–Kier alpha value is -4.75. The second kappa shape index (κ2) is 16.0. The molecule has 0 saturated carbocycles. The van der Waals surface area contributed by atoms with Crippen LogP contribution in [0.3, 0.4) is 0 Å². The van der Waals surface area contributed by atoms with E-state index < -0.39 is 55.3 Å². The fourth-order valence-electron chi connectivity index (χ4n) is 4.17. The van der Waals surface area contributed by atoms with E-state index in [4.69, 9.17) is 34.2 Å². The molecule has 10 N–H and O–H groups in total. The minimum atomic E-state index is -1.84. The molecular weight excluding hydrogens is 616 g/mol. The van der Waals surface area contributed by atoms with E-state index in [1.165, 1.54) is 39.5 Å². The quantitative estimate of drug-likeness (QED) is 0.0501. The van der Waals surface area contributed by atoms with E-state index in [1.807, 2.05) is 0 Å². The molecule has 1 saturated heterocycles. The van der Waals surface area contributed by atoms with Gasteiger partial charge in [-0.05, 0) is 19.1 Å². The summed E-state index contributed by atoms with van der Waals surface area (Å²) in [5, 5.41) is 66.7. The maximum Gasteiger partial charge on any atom is 0.338 e. The lowest BCUT2D eigenvalue weighted by molar-refractivity contribution is -0.277. The number of hydrogen-bond acceptors (Lipinski definition) is 15. The summed E-state index contributed by atoms with van der Waals surface area (Å²) >= 11 is 0. The van der Waals surface area contributed by atoms with Crippen LogP contribution in [0.5, 0.6) is 28.7 Å². The number of guanidine groups is 1. The Bertz CT molecular complexity index is 1380. The molecule has 1 aliphatic rings. The molecule has 6 atom stereocenters. The number of carboxylic acids is 1. The lowest BCUT2D eigenvalue weighted by atomic mass is 9.99. The number of esters is 1. The maximum atomic E-state index is 12.8. The van der Waals surface area contributed by atoms with Crippen LogP contribution in [0.15, 0.2) is 29.3 Å². The number of anilines is 1. The van der Waals surface area contributed by atoms with Crippen molar-refractivity contribution in [2.75, 3.05) is 46.5 Å². The fourth-order valence-corrected chi connectivity index (χ4v) is 4.17. The summed E-state index contributed by atoms with van der Waals surface area (Å²) in [6.07, 6.45) is -8.54. The van der Waals surface area contributed by atoms with Crippen LogP contribution in [0, 0.1) is 0 Å². The molecule has 0 aliphatic carbocycles. The van der Waals surface area contributed by atoms with Crippen molar-refractivity contribution < 1.29 is 68.6 Å². The molecule has 0 bridgehead atoms.